The lowest BCUT2D eigenvalue weighted by atomic mass is 9.99. The zero-order chi connectivity index (χ0) is 36.8. The Labute approximate surface area is 302 Å². The molecule has 13 heteroatoms. The number of carbonyl (C=O) groups is 5. The number of imide groups is 1. The number of ketones is 1. The molecule has 1 N–H and O–H groups in total. The summed E-state index contributed by atoms with van der Waals surface area (Å²) < 4.78 is 15.5. The second-order valence-corrected chi connectivity index (χ2v) is 13.2. The van der Waals surface area contributed by atoms with Gasteiger partial charge in [0, 0.05) is 23.2 Å². The van der Waals surface area contributed by atoms with Gasteiger partial charge >= 0.3 is 17.7 Å². The minimum Gasteiger partial charge on any atom is -0.462 e. The van der Waals surface area contributed by atoms with Crippen molar-refractivity contribution in [2.24, 2.45) is 0 Å². The Morgan fingerprint density at radius 3 is 2.14 bits per heavy atom. The van der Waals surface area contributed by atoms with Crippen molar-refractivity contribution in [3.05, 3.63) is 69.3 Å². The number of hydrogen-bond donors (Lipinski definition) is 1. The van der Waals surface area contributed by atoms with Crippen LogP contribution in [0.1, 0.15) is 124 Å². The summed E-state index contributed by atoms with van der Waals surface area (Å²) in [7, 11) is 0. The van der Waals surface area contributed by atoms with Crippen molar-refractivity contribution < 1.29 is 37.9 Å². The summed E-state index contributed by atoms with van der Waals surface area (Å²) in [6.07, 6.45) is 17.0. The van der Waals surface area contributed by atoms with Crippen LogP contribution in [0.25, 0.3) is 11.0 Å². The van der Waals surface area contributed by atoms with Gasteiger partial charge in [0.25, 0.3) is 11.8 Å². The normalized spacial score (nSPS) is 14.8. The molecule has 2 unspecified atom stereocenters. The maximum atomic E-state index is 13.9. The van der Waals surface area contributed by atoms with Gasteiger partial charge in [0.2, 0.25) is 0 Å². The zero-order valence-corrected chi connectivity index (χ0v) is 30.0. The summed E-state index contributed by atoms with van der Waals surface area (Å²) in [5, 5.41) is 2.60. The fourth-order valence-electron chi connectivity index (χ4n) is 5.99. The molecule has 51 heavy (non-hydrogen) atoms. The largest absolute Gasteiger partial charge is 0.462 e. The average molecular weight is 724 g/mol. The lowest BCUT2D eigenvalue weighted by Gasteiger charge is -2.23. The molecule has 1 aromatic carbocycles. The molecule has 2 atom stereocenters. The second-order valence-electron chi connectivity index (χ2n) is 12.8. The molecule has 1 saturated heterocycles. The molecule has 12 nitrogen and oxygen atoms in total. The van der Waals surface area contributed by atoms with Gasteiger partial charge in [-0.15, -0.1) is 0 Å². The van der Waals surface area contributed by atoms with Crippen molar-refractivity contribution in [3.8, 4) is 0 Å². The molecule has 0 bridgehead atoms. The molecule has 1 aliphatic heterocycles. The van der Waals surface area contributed by atoms with E-state index in [0.717, 1.165) is 25.3 Å². The molecule has 0 saturated carbocycles. The van der Waals surface area contributed by atoms with Crippen LogP contribution in [-0.4, -0.2) is 58.3 Å². The van der Waals surface area contributed by atoms with Crippen LogP contribution in [0.2, 0.25) is 5.02 Å². The third-order valence-electron chi connectivity index (χ3n) is 8.82. The number of anilines is 1. The average Bonchev–Trinajstić information content (AvgIpc) is 3.36. The van der Waals surface area contributed by atoms with E-state index in [1.807, 2.05) is 0 Å². The SMILES string of the molecule is CCCCCCCCCCCCCCCCOC(=O)c1ccc(Cl)c(NC(=O)C(C(=O)c2cc(=O)oc3cnccc23)N2C(=O)OC(C)C2=O)c1. The summed E-state index contributed by atoms with van der Waals surface area (Å²) >= 11 is 6.35. The van der Waals surface area contributed by atoms with Gasteiger partial charge in [0.1, 0.15) is 0 Å². The maximum Gasteiger partial charge on any atom is 0.418 e. The number of unbranched alkanes of at least 4 members (excludes halogenated alkanes) is 13. The lowest BCUT2D eigenvalue weighted by Crippen LogP contribution is -2.52. The number of carbonyl (C=O) groups excluding carboxylic acids is 5. The van der Waals surface area contributed by atoms with Crippen molar-refractivity contribution in [2.45, 2.75) is 116 Å². The van der Waals surface area contributed by atoms with Crippen LogP contribution >= 0.6 is 11.6 Å². The number of halogens is 1. The predicted octanol–water partition coefficient (Wildman–Crippen LogP) is 8.04. The van der Waals surface area contributed by atoms with E-state index < -0.39 is 47.4 Å². The number of cyclic esters (lactones) is 1. The van der Waals surface area contributed by atoms with Crippen LogP contribution in [0.15, 0.2) is 51.9 Å². The first-order chi connectivity index (χ1) is 24.6. The molecule has 1 fully saturated rings. The van der Waals surface area contributed by atoms with Crippen molar-refractivity contribution >= 4 is 57.9 Å². The van der Waals surface area contributed by atoms with Crippen LogP contribution in [0, 0.1) is 0 Å². The van der Waals surface area contributed by atoms with Gasteiger partial charge in [-0.25, -0.2) is 19.3 Å². The molecule has 0 radical (unpaired) electrons. The maximum absolute atomic E-state index is 13.9. The zero-order valence-electron chi connectivity index (χ0n) is 29.2. The van der Waals surface area contributed by atoms with Crippen LogP contribution in [0.5, 0.6) is 0 Å². The molecule has 274 valence electrons. The van der Waals surface area contributed by atoms with Gasteiger partial charge in [-0.3, -0.25) is 19.4 Å². The Morgan fingerprint density at radius 2 is 1.53 bits per heavy atom. The molecular formula is C38H46ClN3O9. The number of Topliss-reactive ketones (excluding diaryl/α,β-unsaturated/α-hetero) is 1. The van der Waals surface area contributed by atoms with Crippen LogP contribution < -0.4 is 10.9 Å². The fraction of sp³-hybridized carbons (Fsp3) is 0.500. The highest BCUT2D eigenvalue weighted by molar-refractivity contribution is 6.34. The first-order valence-electron chi connectivity index (χ1n) is 17.9. The predicted molar refractivity (Wildman–Crippen MR) is 192 cm³/mol. The topological polar surface area (TPSA) is 162 Å². The number of nitrogens with one attached hydrogen (secondary N) is 1. The monoisotopic (exact) mass is 723 g/mol. The number of amides is 3. The number of nitrogens with zero attached hydrogens (tertiary/aromatic N) is 2. The Kier molecular flexibility index (Phi) is 15.2. The fourth-order valence-corrected chi connectivity index (χ4v) is 6.16. The molecule has 1 aliphatic rings. The summed E-state index contributed by atoms with van der Waals surface area (Å²) in [5.41, 5.74) is -1.21. The highest BCUT2D eigenvalue weighted by atomic mass is 35.5. The molecule has 3 heterocycles. The number of ether oxygens (including phenoxy) is 2. The third kappa shape index (κ3) is 11.0. The van der Waals surface area contributed by atoms with Crippen molar-refractivity contribution in [1.82, 2.24) is 9.88 Å². The van der Waals surface area contributed by atoms with E-state index in [2.05, 4.69) is 17.2 Å². The van der Waals surface area contributed by atoms with Crippen molar-refractivity contribution in [1.29, 1.82) is 0 Å². The van der Waals surface area contributed by atoms with Gasteiger partial charge in [-0.05, 0) is 37.6 Å². The molecule has 4 rings (SSSR count). The smallest absolute Gasteiger partial charge is 0.418 e. The highest BCUT2D eigenvalue weighted by Crippen LogP contribution is 2.27. The van der Waals surface area contributed by atoms with Crippen molar-refractivity contribution in [2.75, 3.05) is 11.9 Å². The molecule has 3 amide bonds. The number of fused-ring (bicyclic) bond motifs is 1. The highest BCUT2D eigenvalue weighted by Gasteiger charge is 2.48. The Bertz CT molecular complexity index is 1760. The van der Waals surface area contributed by atoms with Crippen molar-refractivity contribution in [3.63, 3.8) is 0 Å². The number of hydrogen-bond acceptors (Lipinski definition) is 10. The first kappa shape index (κ1) is 39.2. The minimum absolute atomic E-state index is 0.0126. The number of pyridine rings is 1. The molecule has 0 spiro atoms. The van der Waals surface area contributed by atoms with Crippen LogP contribution in [-0.2, 0) is 19.1 Å². The number of esters is 1. The van der Waals surface area contributed by atoms with Gasteiger partial charge in [-0.2, -0.15) is 0 Å². The second kappa shape index (κ2) is 19.7. The number of benzene rings is 1. The minimum atomic E-state index is -2.10. The molecule has 2 aromatic heterocycles. The number of rotatable bonds is 21. The van der Waals surface area contributed by atoms with E-state index in [1.54, 1.807) is 0 Å². The lowest BCUT2D eigenvalue weighted by molar-refractivity contribution is -0.133. The summed E-state index contributed by atoms with van der Waals surface area (Å²) in [6.45, 7) is 3.76. The van der Waals surface area contributed by atoms with Gasteiger partial charge in [0.15, 0.2) is 23.5 Å². The number of aromatic nitrogens is 1. The molecule has 0 aliphatic carbocycles. The van der Waals surface area contributed by atoms with E-state index >= 15 is 0 Å². The summed E-state index contributed by atoms with van der Waals surface area (Å²) in [5.74, 6) is -3.76. The van der Waals surface area contributed by atoms with Gasteiger partial charge in [0.05, 0.1) is 29.1 Å². The van der Waals surface area contributed by atoms with E-state index in [-0.39, 0.29) is 39.4 Å². The summed E-state index contributed by atoms with van der Waals surface area (Å²) in [6, 6.07) is 4.23. The van der Waals surface area contributed by atoms with Crippen LogP contribution in [0.3, 0.4) is 0 Å². The van der Waals surface area contributed by atoms with Gasteiger partial charge in [-0.1, -0.05) is 102 Å². The molecule has 3 aromatic rings. The Morgan fingerprint density at radius 1 is 0.902 bits per heavy atom. The van der Waals surface area contributed by atoms with E-state index in [4.69, 9.17) is 25.5 Å². The Balaban J connectivity index is 1.32. The van der Waals surface area contributed by atoms with Gasteiger partial charge < -0.3 is 19.2 Å². The summed E-state index contributed by atoms with van der Waals surface area (Å²) in [4.78, 5) is 82.8. The third-order valence-corrected chi connectivity index (χ3v) is 9.15. The van der Waals surface area contributed by atoms with E-state index in [1.165, 1.54) is 108 Å². The first-order valence-corrected chi connectivity index (χ1v) is 18.2. The van der Waals surface area contributed by atoms with Crippen LogP contribution in [0.4, 0.5) is 10.5 Å². The Hall–Kier alpha value is -4.58. The molecular weight excluding hydrogens is 678 g/mol. The standard InChI is InChI=1S/C38H46ClN3O9/c1-3-4-5-6-7-8-9-10-11-12-13-14-15-16-21-49-37(47)26-17-18-29(39)30(22-26)41-35(45)33(42-36(46)25(2)50-38(42)48)34(44)28-23-32(43)51-31-24-40-20-19-27(28)31/h17-20,22-25,33H,3-16,21H2,1-2H3,(H,41,45). The quantitative estimate of drug-likeness (QED) is 0.0493. The van der Waals surface area contributed by atoms with E-state index in [9.17, 15) is 28.8 Å². The van der Waals surface area contributed by atoms with E-state index in [0.29, 0.717) is 11.3 Å².